The highest BCUT2D eigenvalue weighted by Crippen LogP contribution is 2.33. The molecule has 1 aromatic carbocycles. The van der Waals surface area contributed by atoms with Crippen molar-refractivity contribution in [2.24, 2.45) is 0 Å². The molecule has 0 spiro atoms. The first-order chi connectivity index (χ1) is 7.91. The maximum Gasteiger partial charge on any atom is 0.261 e. The summed E-state index contributed by atoms with van der Waals surface area (Å²) in [4.78, 5) is 25.7. The zero-order valence-electron chi connectivity index (χ0n) is 11.0. The Bertz CT molecular complexity index is 497. The lowest BCUT2D eigenvalue weighted by molar-refractivity contribution is 0.0662. The van der Waals surface area contributed by atoms with Gasteiger partial charge in [-0.1, -0.05) is 0 Å². The number of rotatable bonds is 1. The predicted octanol–water partition coefficient (Wildman–Crippen LogP) is 2.54. The Hall–Kier alpha value is -1.64. The number of nitrogens with zero attached hydrogens (tertiary/aromatic N) is 1. The van der Waals surface area contributed by atoms with Gasteiger partial charge >= 0.3 is 0 Å². The van der Waals surface area contributed by atoms with E-state index in [4.69, 9.17) is 0 Å². The zero-order chi connectivity index (χ0) is 12.9. The van der Waals surface area contributed by atoms with Gasteiger partial charge in [0, 0.05) is 6.54 Å². The molecule has 0 aliphatic carbocycles. The molecule has 1 heterocycles. The van der Waals surface area contributed by atoms with Gasteiger partial charge in [-0.05, 0) is 56.9 Å². The molecule has 2 amide bonds. The van der Waals surface area contributed by atoms with Crippen LogP contribution in [0.4, 0.5) is 0 Å². The Morgan fingerprint density at radius 3 is 1.41 bits per heavy atom. The third kappa shape index (κ3) is 1.35. The molecule has 90 valence electrons. The summed E-state index contributed by atoms with van der Waals surface area (Å²) in [7, 11) is 0. The molecular formula is C14H17NO2. The quantitative estimate of drug-likeness (QED) is 0.696. The standard InChI is InChI=1S/C14H17NO2/c1-6-15-13(16)11-9(4)7(2)8(3)10(5)12(11)14(15)17/h6H2,1-5H3. The maximum atomic E-state index is 12.2. The fourth-order valence-electron chi connectivity index (χ4n) is 2.50. The van der Waals surface area contributed by atoms with Gasteiger partial charge < -0.3 is 0 Å². The van der Waals surface area contributed by atoms with Crippen molar-refractivity contribution in [3.63, 3.8) is 0 Å². The minimum Gasteiger partial charge on any atom is -0.275 e. The molecule has 2 rings (SSSR count). The molecule has 1 aliphatic rings. The van der Waals surface area contributed by atoms with E-state index in [1.54, 1.807) is 0 Å². The van der Waals surface area contributed by atoms with E-state index in [1.807, 2.05) is 34.6 Å². The lowest BCUT2D eigenvalue weighted by Crippen LogP contribution is -2.29. The summed E-state index contributed by atoms with van der Waals surface area (Å²) in [5, 5.41) is 0. The Morgan fingerprint density at radius 2 is 1.12 bits per heavy atom. The Labute approximate surface area is 101 Å². The van der Waals surface area contributed by atoms with Crippen LogP contribution in [0.3, 0.4) is 0 Å². The van der Waals surface area contributed by atoms with Crippen LogP contribution in [0, 0.1) is 27.7 Å². The minimum atomic E-state index is -0.142. The molecule has 0 saturated carbocycles. The lowest BCUT2D eigenvalue weighted by Gasteiger charge is -2.12. The second kappa shape index (κ2) is 3.69. The molecule has 0 saturated heterocycles. The number of carbonyl (C=O) groups excluding carboxylic acids is 2. The summed E-state index contributed by atoms with van der Waals surface area (Å²) in [6.07, 6.45) is 0. The monoisotopic (exact) mass is 231 g/mol. The van der Waals surface area contributed by atoms with Gasteiger partial charge in [-0.15, -0.1) is 0 Å². The van der Waals surface area contributed by atoms with Crippen LogP contribution in [0.2, 0.25) is 0 Å². The van der Waals surface area contributed by atoms with Gasteiger partial charge in [0.25, 0.3) is 11.8 Å². The first-order valence-corrected chi connectivity index (χ1v) is 5.88. The van der Waals surface area contributed by atoms with Gasteiger partial charge in [0.2, 0.25) is 0 Å². The van der Waals surface area contributed by atoms with E-state index in [9.17, 15) is 9.59 Å². The molecule has 17 heavy (non-hydrogen) atoms. The fourth-order valence-corrected chi connectivity index (χ4v) is 2.50. The summed E-state index contributed by atoms with van der Waals surface area (Å²) in [5.74, 6) is -0.285. The van der Waals surface area contributed by atoms with E-state index in [2.05, 4.69) is 0 Å². The third-order valence-electron chi connectivity index (χ3n) is 3.92. The summed E-state index contributed by atoms with van der Waals surface area (Å²) in [6.45, 7) is 10.1. The molecule has 0 N–H and O–H groups in total. The molecule has 0 bridgehead atoms. The Kier molecular flexibility index (Phi) is 2.57. The average molecular weight is 231 g/mol. The second-order valence-corrected chi connectivity index (χ2v) is 4.60. The van der Waals surface area contributed by atoms with E-state index in [0.29, 0.717) is 17.7 Å². The first-order valence-electron chi connectivity index (χ1n) is 5.88. The molecule has 0 radical (unpaired) electrons. The topological polar surface area (TPSA) is 37.4 Å². The third-order valence-corrected chi connectivity index (χ3v) is 3.92. The lowest BCUT2D eigenvalue weighted by atomic mass is 9.90. The van der Waals surface area contributed by atoms with Crippen molar-refractivity contribution in [1.82, 2.24) is 4.90 Å². The second-order valence-electron chi connectivity index (χ2n) is 4.60. The van der Waals surface area contributed by atoms with Crippen LogP contribution >= 0.6 is 0 Å². The zero-order valence-corrected chi connectivity index (χ0v) is 11.0. The molecule has 3 nitrogen and oxygen atoms in total. The number of imide groups is 1. The Balaban J connectivity index is 2.84. The Morgan fingerprint density at radius 1 is 0.765 bits per heavy atom. The number of carbonyl (C=O) groups is 2. The van der Waals surface area contributed by atoms with E-state index in [0.717, 1.165) is 22.3 Å². The molecular weight excluding hydrogens is 214 g/mol. The van der Waals surface area contributed by atoms with Crippen molar-refractivity contribution in [2.75, 3.05) is 6.54 Å². The highest BCUT2D eigenvalue weighted by molar-refractivity contribution is 6.23. The first kappa shape index (κ1) is 11.8. The number of fused-ring (bicyclic) bond motifs is 1. The molecule has 0 unspecified atom stereocenters. The fraction of sp³-hybridized carbons (Fsp3) is 0.429. The van der Waals surface area contributed by atoms with Gasteiger partial charge in [-0.3, -0.25) is 14.5 Å². The van der Waals surface area contributed by atoms with Crippen LogP contribution < -0.4 is 0 Å². The summed E-state index contributed by atoms with van der Waals surface area (Å²) in [6, 6.07) is 0. The van der Waals surface area contributed by atoms with Crippen LogP contribution in [-0.2, 0) is 0 Å². The van der Waals surface area contributed by atoms with Gasteiger partial charge in [-0.25, -0.2) is 0 Å². The number of hydrogen-bond acceptors (Lipinski definition) is 2. The van der Waals surface area contributed by atoms with Crippen LogP contribution in [0.25, 0.3) is 0 Å². The normalized spacial score (nSPS) is 14.5. The van der Waals surface area contributed by atoms with Crippen molar-refractivity contribution in [2.45, 2.75) is 34.6 Å². The molecule has 3 heteroatoms. The summed E-state index contributed by atoms with van der Waals surface area (Å²) in [5.41, 5.74) is 5.32. The molecule has 0 fully saturated rings. The molecule has 1 aromatic rings. The van der Waals surface area contributed by atoms with Crippen molar-refractivity contribution >= 4 is 11.8 Å². The van der Waals surface area contributed by atoms with E-state index in [-0.39, 0.29) is 11.8 Å². The van der Waals surface area contributed by atoms with Crippen molar-refractivity contribution in [1.29, 1.82) is 0 Å². The van der Waals surface area contributed by atoms with Gasteiger partial charge in [-0.2, -0.15) is 0 Å². The van der Waals surface area contributed by atoms with Crippen LogP contribution in [0.15, 0.2) is 0 Å². The largest absolute Gasteiger partial charge is 0.275 e. The summed E-state index contributed by atoms with van der Waals surface area (Å²) >= 11 is 0. The minimum absolute atomic E-state index is 0.142. The highest BCUT2D eigenvalue weighted by atomic mass is 16.2. The predicted molar refractivity (Wildman–Crippen MR) is 66.4 cm³/mol. The van der Waals surface area contributed by atoms with Crippen molar-refractivity contribution < 1.29 is 9.59 Å². The highest BCUT2D eigenvalue weighted by Gasteiger charge is 2.38. The molecule has 0 atom stereocenters. The van der Waals surface area contributed by atoms with Crippen LogP contribution in [0.5, 0.6) is 0 Å². The van der Waals surface area contributed by atoms with Gasteiger partial charge in [0.1, 0.15) is 0 Å². The van der Waals surface area contributed by atoms with Crippen molar-refractivity contribution in [3.8, 4) is 0 Å². The molecule has 1 aliphatic heterocycles. The smallest absolute Gasteiger partial charge is 0.261 e. The number of amides is 2. The van der Waals surface area contributed by atoms with E-state index >= 15 is 0 Å². The SMILES string of the molecule is CCN1C(=O)c2c(C)c(C)c(C)c(C)c2C1=O. The van der Waals surface area contributed by atoms with E-state index < -0.39 is 0 Å². The maximum absolute atomic E-state index is 12.2. The average Bonchev–Trinajstić information content (AvgIpc) is 2.55. The van der Waals surface area contributed by atoms with E-state index in [1.165, 1.54) is 4.90 Å². The van der Waals surface area contributed by atoms with Gasteiger partial charge in [0.05, 0.1) is 11.1 Å². The summed E-state index contributed by atoms with van der Waals surface area (Å²) < 4.78 is 0. The number of benzene rings is 1. The van der Waals surface area contributed by atoms with Gasteiger partial charge in [0.15, 0.2) is 0 Å². The molecule has 0 aromatic heterocycles. The van der Waals surface area contributed by atoms with Crippen LogP contribution in [0.1, 0.15) is 49.9 Å². The number of hydrogen-bond donors (Lipinski definition) is 0. The van der Waals surface area contributed by atoms with Crippen LogP contribution in [-0.4, -0.2) is 23.3 Å². The van der Waals surface area contributed by atoms with Crippen molar-refractivity contribution in [3.05, 3.63) is 33.4 Å².